The molecular formula is C25H38O5. The van der Waals surface area contributed by atoms with Crippen LogP contribution in [0.4, 0.5) is 0 Å². The summed E-state index contributed by atoms with van der Waals surface area (Å²) in [5, 5.41) is 9.95. The van der Waals surface area contributed by atoms with E-state index in [4.69, 9.17) is 16.3 Å². The number of esters is 2. The molecule has 0 spiro atoms. The van der Waals surface area contributed by atoms with Crippen molar-refractivity contribution in [1.29, 1.82) is 0 Å². The van der Waals surface area contributed by atoms with Gasteiger partial charge < -0.3 is 14.6 Å². The van der Waals surface area contributed by atoms with Crippen LogP contribution in [-0.4, -0.2) is 35.4 Å². The standard InChI is InChI=1S/C25H38O5/c1-6-25(4,5)24(28)30-21-12-15(2)11-17-8-7-16(3)20(23(17)21)10-9-19-13-18(26)14-22(27)29-19/h7-8,11,15-16,18-21,23,26H,6,9-10,12-14H2,1-5H3/t15-,16-,18+,19?,20-,21-,23-/m0/s1/i1D3,6D2. The lowest BCUT2D eigenvalue weighted by Gasteiger charge is -2.44. The number of rotatable bonds is 6. The SMILES string of the molecule is [2H]C([2H])([2H])C([2H])([2H])C(C)(C)C(=O)O[C@H]1C[C@@H](C)C=C2C=C[C@H](C)[C@H](CCC3C[C@@H](O)CC(=O)O3)[C@H]21. The summed E-state index contributed by atoms with van der Waals surface area (Å²) in [4.78, 5) is 25.0. The molecule has 3 aliphatic rings. The van der Waals surface area contributed by atoms with Crippen molar-refractivity contribution in [3.63, 3.8) is 0 Å². The molecule has 0 aromatic heterocycles. The van der Waals surface area contributed by atoms with E-state index in [1.165, 1.54) is 13.8 Å². The van der Waals surface area contributed by atoms with E-state index in [1.807, 2.05) is 6.92 Å². The topological polar surface area (TPSA) is 72.8 Å². The second-order valence-corrected chi connectivity index (χ2v) is 9.76. The highest BCUT2D eigenvalue weighted by Crippen LogP contribution is 2.45. The number of ether oxygens (including phenoxy) is 2. The van der Waals surface area contributed by atoms with Crippen LogP contribution in [0.15, 0.2) is 23.8 Å². The first-order valence-corrected chi connectivity index (χ1v) is 11.0. The number of aliphatic hydroxyl groups is 1. The van der Waals surface area contributed by atoms with Gasteiger partial charge in [-0.1, -0.05) is 38.9 Å². The molecule has 3 rings (SSSR count). The maximum Gasteiger partial charge on any atom is 0.311 e. The minimum atomic E-state index is -2.98. The normalized spacial score (nSPS) is 39.9. The summed E-state index contributed by atoms with van der Waals surface area (Å²) in [6, 6.07) is 0. The van der Waals surface area contributed by atoms with Gasteiger partial charge in [0.05, 0.1) is 17.9 Å². The van der Waals surface area contributed by atoms with Crippen LogP contribution in [0.1, 0.15) is 79.9 Å². The Bertz CT molecular complexity index is 878. The van der Waals surface area contributed by atoms with Gasteiger partial charge in [-0.3, -0.25) is 9.59 Å². The molecule has 2 aliphatic carbocycles. The van der Waals surface area contributed by atoms with Crippen LogP contribution in [0, 0.1) is 29.1 Å². The van der Waals surface area contributed by atoms with E-state index in [-0.39, 0.29) is 36.2 Å². The number of carbonyl (C=O) groups is 2. The molecule has 0 aromatic rings. The van der Waals surface area contributed by atoms with Crippen molar-refractivity contribution in [2.75, 3.05) is 0 Å². The van der Waals surface area contributed by atoms with Crippen molar-refractivity contribution in [1.82, 2.24) is 0 Å². The lowest BCUT2D eigenvalue weighted by Crippen LogP contribution is -2.43. The smallest absolute Gasteiger partial charge is 0.311 e. The minimum absolute atomic E-state index is 0.0179. The van der Waals surface area contributed by atoms with E-state index < -0.39 is 42.8 Å². The summed E-state index contributed by atoms with van der Waals surface area (Å²) in [6.07, 6.45) is 4.27. The number of hydrogen-bond acceptors (Lipinski definition) is 5. The summed E-state index contributed by atoms with van der Waals surface area (Å²) in [5.74, 6) is -1.00. The molecule has 1 saturated heterocycles. The largest absolute Gasteiger partial charge is 0.462 e. The number of allylic oxidation sites excluding steroid dienone is 3. The van der Waals surface area contributed by atoms with Gasteiger partial charge in [-0.2, -0.15) is 0 Å². The molecule has 0 saturated carbocycles. The third kappa shape index (κ3) is 5.16. The Hall–Kier alpha value is -1.62. The van der Waals surface area contributed by atoms with Gasteiger partial charge in [0.1, 0.15) is 12.2 Å². The van der Waals surface area contributed by atoms with Crippen LogP contribution < -0.4 is 0 Å². The molecular weight excluding hydrogens is 380 g/mol. The van der Waals surface area contributed by atoms with Crippen LogP contribution in [0.5, 0.6) is 0 Å². The van der Waals surface area contributed by atoms with Crippen LogP contribution in [0.2, 0.25) is 0 Å². The lowest BCUT2D eigenvalue weighted by molar-refractivity contribution is -0.166. The fourth-order valence-corrected chi connectivity index (χ4v) is 4.97. The average Bonchev–Trinajstić information content (AvgIpc) is 2.71. The van der Waals surface area contributed by atoms with Gasteiger partial charge >= 0.3 is 11.9 Å². The van der Waals surface area contributed by atoms with Crippen molar-refractivity contribution in [2.24, 2.45) is 29.1 Å². The third-order valence-corrected chi connectivity index (χ3v) is 6.73. The molecule has 0 bridgehead atoms. The first kappa shape index (κ1) is 17.0. The molecule has 1 aliphatic heterocycles. The Morgan fingerprint density at radius 1 is 1.37 bits per heavy atom. The Morgan fingerprint density at radius 2 is 2.13 bits per heavy atom. The average molecular weight is 424 g/mol. The molecule has 0 aromatic carbocycles. The lowest BCUT2D eigenvalue weighted by atomic mass is 9.65. The van der Waals surface area contributed by atoms with E-state index in [0.29, 0.717) is 25.7 Å². The zero-order valence-corrected chi connectivity index (χ0v) is 18.4. The van der Waals surface area contributed by atoms with Gasteiger partial charge in [-0.15, -0.1) is 0 Å². The quantitative estimate of drug-likeness (QED) is 0.633. The van der Waals surface area contributed by atoms with E-state index in [1.54, 1.807) is 0 Å². The van der Waals surface area contributed by atoms with E-state index in [9.17, 15) is 14.7 Å². The second kappa shape index (κ2) is 9.25. The molecule has 0 radical (unpaired) electrons. The number of carbonyl (C=O) groups excluding carboxylic acids is 2. The Balaban J connectivity index is 1.81. The summed E-state index contributed by atoms with van der Waals surface area (Å²) >= 11 is 0. The first-order chi connectivity index (χ1) is 16.0. The summed E-state index contributed by atoms with van der Waals surface area (Å²) in [7, 11) is 0. The summed E-state index contributed by atoms with van der Waals surface area (Å²) in [5.41, 5.74) is -0.817. The van der Waals surface area contributed by atoms with Gasteiger partial charge in [0.2, 0.25) is 0 Å². The molecule has 1 N–H and O–H groups in total. The van der Waals surface area contributed by atoms with Crippen LogP contribution in [0.3, 0.4) is 0 Å². The first-order valence-electron chi connectivity index (χ1n) is 13.5. The third-order valence-electron chi connectivity index (χ3n) is 6.73. The number of fused-ring (bicyclic) bond motifs is 1. The highest BCUT2D eigenvalue weighted by molar-refractivity contribution is 5.76. The van der Waals surface area contributed by atoms with E-state index in [0.717, 1.165) is 5.57 Å². The molecule has 5 nitrogen and oxygen atoms in total. The van der Waals surface area contributed by atoms with Crippen molar-refractivity contribution in [2.45, 2.75) is 91.3 Å². The molecule has 0 amide bonds. The highest BCUT2D eigenvalue weighted by Gasteiger charge is 2.43. The molecule has 30 heavy (non-hydrogen) atoms. The Morgan fingerprint density at radius 3 is 2.83 bits per heavy atom. The number of hydrogen-bond donors (Lipinski definition) is 1. The Kier molecular flexibility index (Phi) is 5.24. The molecule has 168 valence electrons. The minimum Gasteiger partial charge on any atom is -0.462 e. The van der Waals surface area contributed by atoms with Crippen LogP contribution in [-0.2, 0) is 19.1 Å². The van der Waals surface area contributed by atoms with E-state index >= 15 is 0 Å². The highest BCUT2D eigenvalue weighted by atomic mass is 16.6. The predicted molar refractivity (Wildman–Crippen MR) is 115 cm³/mol. The van der Waals surface area contributed by atoms with Crippen molar-refractivity contribution in [3.05, 3.63) is 23.8 Å². The van der Waals surface area contributed by atoms with Gasteiger partial charge in [-0.05, 0) is 62.8 Å². The van der Waals surface area contributed by atoms with Crippen LogP contribution >= 0.6 is 0 Å². The zero-order chi connectivity index (χ0) is 26.3. The maximum absolute atomic E-state index is 13.2. The summed E-state index contributed by atoms with van der Waals surface area (Å²) in [6.45, 7) is 3.71. The van der Waals surface area contributed by atoms with Gasteiger partial charge in [0.25, 0.3) is 0 Å². The van der Waals surface area contributed by atoms with Crippen molar-refractivity contribution >= 4 is 11.9 Å². The maximum atomic E-state index is 13.2. The van der Waals surface area contributed by atoms with Crippen molar-refractivity contribution in [3.8, 4) is 0 Å². The molecule has 1 heterocycles. The van der Waals surface area contributed by atoms with E-state index in [2.05, 4.69) is 25.2 Å². The number of cyclic esters (lactones) is 1. The molecule has 5 heteroatoms. The molecule has 7 atom stereocenters. The van der Waals surface area contributed by atoms with Crippen LogP contribution in [0.25, 0.3) is 0 Å². The second-order valence-electron chi connectivity index (χ2n) is 9.76. The van der Waals surface area contributed by atoms with Crippen molar-refractivity contribution < 1.29 is 31.0 Å². The predicted octanol–water partition coefficient (Wildman–Crippen LogP) is 4.59. The Labute approximate surface area is 187 Å². The molecule has 1 fully saturated rings. The monoisotopic (exact) mass is 423 g/mol. The fourth-order valence-electron chi connectivity index (χ4n) is 4.97. The van der Waals surface area contributed by atoms with Gasteiger partial charge in [0, 0.05) is 19.2 Å². The fraction of sp³-hybridized carbons (Fsp3) is 0.760. The van der Waals surface area contributed by atoms with Gasteiger partial charge in [-0.25, -0.2) is 0 Å². The molecule has 1 unspecified atom stereocenters. The van der Waals surface area contributed by atoms with Gasteiger partial charge in [0.15, 0.2) is 0 Å². The summed E-state index contributed by atoms with van der Waals surface area (Å²) < 4.78 is 50.5. The zero-order valence-electron chi connectivity index (χ0n) is 23.4. The number of aliphatic hydroxyl groups excluding tert-OH is 1.